The van der Waals surface area contributed by atoms with Crippen LogP contribution in [0.1, 0.15) is 21.6 Å². The predicted molar refractivity (Wildman–Crippen MR) is 101 cm³/mol. The van der Waals surface area contributed by atoms with Crippen LogP contribution in [0.4, 0.5) is 13.2 Å². The molecule has 1 amide bonds. The van der Waals surface area contributed by atoms with Gasteiger partial charge in [-0.1, -0.05) is 30.3 Å². The molecule has 1 heterocycles. The maximum absolute atomic E-state index is 12.7. The maximum atomic E-state index is 12.7. The molecule has 164 valence electrons. The van der Waals surface area contributed by atoms with Crippen molar-refractivity contribution in [2.45, 2.75) is 23.6 Å². The minimum absolute atomic E-state index is 0.0498. The molecule has 12 heteroatoms. The number of benzene rings is 1. The highest BCUT2D eigenvalue weighted by atomic mass is 32.2. The van der Waals surface area contributed by atoms with Gasteiger partial charge in [0, 0.05) is 12.0 Å². The molecule has 30 heavy (non-hydrogen) atoms. The Balaban J connectivity index is 2.55. The van der Waals surface area contributed by atoms with Crippen molar-refractivity contribution in [3.05, 3.63) is 53.3 Å². The molecule has 8 nitrogen and oxygen atoms in total. The van der Waals surface area contributed by atoms with Crippen LogP contribution in [0, 0.1) is 0 Å². The number of rotatable bonds is 8. The van der Waals surface area contributed by atoms with E-state index in [2.05, 4.69) is 9.71 Å². The van der Waals surface area contributed by atoms with Crippen LogP contribution < -0.4 is 14.8 Å². The molecule has 0 aliphatic carbocycles. The third-order valence-electron chi connectivity index (χ3n) is 4.13. The number of nitrogens with zero attached hydrogens (tertiary/aromatic N) is 1. The van der Waals surface area contributed by atoms with Gasteiger partial charge in [-0.2, -0.15) is 13.2 Å². The zero-order valence-corrected chi connectivity index (χ0v) is 16.8. The molecule has 0 fully saturated rings. The van der Waals surface area contributed by atoms with Crippen molar-refractivity contribution < 1.29 is 36.2 Å². The number of hydrogen-bond acceptors (Lipinski definition) is 6. The molecule has 0 aliphatic heterocycles. The van der Waals surface area contributed by atoms with E-state index in [1.807, 2.05) is 5.32 Å². The third-order valence-corrected chi connectivity index (χ3v) is 5.64. The van der Waals surface area contributed by atoms with Crippen LogP contribution in [0.25, 0.3) is 0 Å². The van der Waals surface area contributed by atoms with Crippen molar-refractivity contribution >= 4 is 15.9 Å². The number of aromatic nitrogens is 1. The number of pyridine rings is 1. The van der Waals surface area contributed by atoms with E-state index in [-0.39, 0.29) is 17.7 Å². The lowest BCUT2D eigenvalue weighted by atomic mass is 10.0. The van der Waals surface area contributed by atoms with E-state index in [1.165, 1.54) is 7.11 Å². The van der Waals surface area contributed by atoms with Gasteiger partial charge in [0.2, 0.25) is 10.0 Å². The topological polar surface area (TPSA) is 118 Å². The molecule has 1 atom stereocenters. The van der Waals surface area contributed by atoms with Gasteiger partial charge in [0.15, 0.2) is 6.10 Å². The van der Waals surface area contributed by atoms with E-state index in [4.69, 9.17) is 9.84 Å². The zero-order valence-electron chi connectivity index (χ0n) is 16.0. The summed E-state index contributed by atoms with van der Waals surface area (Å²) in [7, 11) is -1.85. The highest BCUT2D eigenvalue weighted by Crippen LogP contribution is 2.30. The number of carbonyl (C=O) groups is 1. The minimum Gasteiger partial charge on any atom is -0.495 e. The zero-order chi connectivity index (χ0) is 22.5. The molecule has 0 saturated carbocycles. The summed E-state index contributed by atoms with van der Waals surface area (Å²) in [4.78, 5) is 15.7. The molecule has 2 rings (SSSR count). The monoisotopic (exact) mass is 447 g/mol. The average molecular weight is 447 g/mol. The van der Waals surface area contributed by atoms with Crippen LogP contribution in [-0.2, 0) is 16.4 Å². The molecular weight excluding hydrogens is 427 g/mol. The smallest absolute Gasteiger partial charge is 0.416 e. The fourth-order valence-electron chi connectivity index (χ4n) is 2.60. The summed E-state index contributed by atoms with van der Waals surface area (Å²) in [6.07, 6.45) is -6.59. The van der Waals surface area contributed by atoms with E-state index in [9.17, 15) is 26.4 Å². The van der Waals surface area contributed by atoms with Crippen molar-refractivity contribution in [3.8, 4) is 5.75 Å². The molecule has 0 aliphatic rings. The number of nitrogens with one attached hydrogen (secondary N) is 2. The van der Waals surface area contributed by atoms with Crippen LogP contribution in [0.15, 0.2) is 41.4 Å². The number of methoxy groups -OCH3 is 1. The van der Waals surface area contributed by atoms with E-state index in [0.717, 1.165) is 13.2 Å². The van der Waals surface area contributed by atoms with Gasteiger partial charge in [-0.3, -0.25) is 4.79 Å². The van der Waals surface area contributed by atoms with Gasteiger partial charge in [-0.05, 0) is 12.6 Å². The van der Waals surface area contributed by atoms with Crippen molar-refractivity contribution in [1.82, 2.24) is 15.0 Å². The second-order valence-corrected chi connectivity index (χ2v) is 7.94. The van der Waals surface area contributed by atoms with Gasteiger partial charge in [0.25, 0.3) is 5.91 Å². The number of amides is 1. The second kappa shape index (κ2) is 9.41. The first-order chi connectivity index (χ1) is 14.0. The first-order valence-electron chi connectivity index (χ1n) is 8.57. The molecule has 2 aromatic rings. The molecule has 3 N–H and O–H groups in total. The van der Waals surface area contributed by atoms with Crippen molar-refractivity contribution in [2.24, 2.45) is 0 Å². The largest absolute Gasteiger partial charge is 0.495 e. The van der Waals surface area contributed by atoms with Crippen molar-refractivity contribution in [1.29, 1.82) is 0 Å². The average Bonchev–Trinajstić information content (AvgIpc) is 2.71. The summed E-state index contributed by atoms with van der Waals surface area (Å²) in [6.45, 7) is -1.16. The summed E-state index contributed by atoms with van der Waals surface area (Å²) in [5.41, 5.74) is 0.188. The quantitative estimate of drug-likeness (QED) is 0.561. The number of hydrogen-bond donors (Lipinski definition) is 3. The SMILES string of the molecule is CNS(=O)(=O)c1c(C(=O)NCC(O)C(F)(F)F)ncc(OC)c1Cc1ccccc1. The van der Waals surface area contributed by atoms with E-state index in [0.29, 0.717) is 5.56 Å². The number of halogens is 3. The minimum atomic E-state index is -4.95. The Hall–Kier alpha value is -2.70. The lowest BCUT2D eigenvalue weighted by Gasteiger charge is -2.18. The second-order valence-electron chi connectivity index (χ2n) is 6.12. The van der Waals surface area contributed by atoms with Crippen LogP contribution in [0.5, 0.6) is 5.75 Å². The Bertz CT molecular complexity index is 998. The first kappa shape index (κ1) is 23.6. The van der Waals surface area contributed by atoms with Crippen LogP contribution >= 0.6 is 0 Å². The standard InChI is InChI=1S/C18H20F3N3O5S/c1-22-30(27,28)16-12(8-11-6-4-3-5-7-11)13(29-2)9-23-15(16)17(26)24-10-14(25)18(19,20)21/h3-7,9,14,22,25H,8,10H2,1-2H3,(H,24,26). The number of alkyl halides is 3. The Labute approximate surface area is 171 Å². The van der Waals surface area contributed by atoms with Crippen molar-refractivity contribution in [2.75, 3.05) is 20.7 Å². The van der Waals surface area contributed by atoms with E-state index >= 15 is 0 Å². The molecule has 0 spiro atoms. The summed E-state index contributed by atoms with van der Waals surface area (Å²) >= 11 is 0. The molecule has 1 aromatic carbocycles. The highest BCUT2D eigenvalue weighted by Gasteiger charge is 2.38. The lowest BCUT2D eigenvalue weighted by Crippen LogP contribution is -2.41. The normalized spacial score (nSPS) is 13.0. The van der Waals surface area contributed by atoms with Gasteiger partial charge in [0.1, 0.15) is 16.3 Å². The highest BCUT2D eigenvalue weighted by molar-refractivity contribution is 7.89. The lowest BCUT2D eigenvalue weighted by molar-refractivity contribution is -0.201. The molecule has 0 bridgehead atoms. The fraction of sp³-hybridized carbons (Fsp3) is 0.333. The Kier molecular flexibility index (Phi) is 7.39. The third kappa shape index (κ3) is 5.46. The number of ether oxygens (including phenoxy) is 1. The van der Waals surface area contributed by atoms with E-state index < -0.39 is 45.3 Å². The van der Waals surface area contributed by atoms with Crippen LogP contribution in [0.2, 0.25) is 0 Å². The van der Waals surface area contributed by atoms with Crippen LogP contribution in [-0.4, -0.2) is 57.4 Å². The molecule has 1 unspecified atom stereocenters. The Morgan fingerprint density at radius 2 is 1.90 bits per heavy atom. The van der Waals surface area contributed by atoms with Gasteiger partial charge in [-0.15, -0.1) is 0 Å². The summed E-state index contributed by atoms with van der Waals surface area (Å²) in [6, 6.07) is 8.70. The van der Waals surface area contributed by atoms with Gasteiger partial charge < -0.3 is 15.2 Å². The number of sulfonamides is 1. The maximum Gasteiger partial charge on any atom is 0.416 e. The van der Waals surface area contributed by atoms with Crippen LogP contribution in [0.3, 0.4) is 0 Å². The number of aliphatic hydroxyl groups excluding tert-OH is 1. The molecule has 1 aromatic heterocycles. The predicted octanol–water partition coefficient (Wildman–Crippen LogP) is 1.24. The number of aliphatic hydroxyl groups is 1. The fourth-order valence-corrected chi connectivity index (χ4v) is 3.70. The Morgan fingerprint density at radius 3 is 2.43 bits per heavy atom. The van der Waals surface area contributed by atoms with Gasteiger partial charge >= 0.3 is 6.18 Å². The Morgan fingerprint density at radius 1 is 1.27 bits per heavy atom. The van der Waals surface area contributed by atoms with E-state index in [1.54, 1.807) is 30.3 Å². The number of carbonyl (C=O) groups excluding carboxylic acids is 1. The van der Waals surface area contributed by atoms with Gasteiger partial charge in [0.05, 0.1) is 19.9 Å². The molecule has 0 saturated heterocycles. The van der Waals surface area contributed by atoms with Crippen molar-refractivity contribution in [3.63, 3.8) is 0 Å². The molecular formula is C18H20F3N3O5S. The summed E-state index contributed by atoms with van der Waals surface area (Å²) < 4.78 is 70.1. The first-order valence-corrected chi connectivity index (χ1v) is 10.1. The summed E-state index contributed by atoms with van der Waals surface area (Å²) in [5.74, 6) is -1.11. The summed E-state index contributed by atoms with van der Waals surface area (Å²) in [5, 5.41) is 10.9. The molecule has 0 radical (unpaired) electrons. The van der Waals surface area contributed by atoms with Gasteiger partial charge in [-0.25, -0.2) is 18.1 Å².